The average Bonchev–Trinajstić information content (AvgIpc) is 2.95. The highest BCUT2D eigenvalue weighted by molar-refractivity contribution is 7.92. The molecule has 208 valence electrons. The number of ether oxygens (including phenoxy) is 1. The lowest BCUT2D eigenvalue weighted by molar-refractivity contribution is -0.139. The third-order valence-electron chi connectivity index (χ3n) is 6.41. The van der Waals surface area contributed by atoms with Gasteiger partial charge in [0, 0.05) is 13.1 Å². The van der Waals surface area contributed by atoms with Gasteiger partial charge in [-0.1, -0.05) is 67.9 Å². The number of rotatable bonds is 13. The largest absolute Gasteiger partial charge is 0.495 e. The highest BCUT2D eigenvalue weighted by atomic mass is 32.2. The van der Waals surface area contributed by atoms with Crippen molar-refractivity contribution in [3.05, 3.63) is 90.0 Å². The number of hydrogen-bond donors (Lipinski definition) is 1. The molecule has 3 rings (SSSR count). The summed E-state index contributed by atoms with van der Waals surface area (Å²) in [5.74, 6) is -0.494. The maximum atomic E-state index is 14.0. The molecule has 1 atom stereocenters. The quantitative estimate of drug-likeness (QED) is 0.315. The molecule has 0 heterocycles. The fraction of sp³-hybridized carbons (Fsp3) is 0.333. The SMILES string of the molecule is CCCCNC(=O)[C@@H](C)N(Cc1ccccc1)C(=O)CN(c1cc(C)ccc1OC)S(=O)(=O)c1ccccc1. The third kappa shape index (κ3) is 7.60. The van der Waals surface area contributed by atoms with Gasteiger partial charge in [0.05, 0.1) is 17.7 Å². The van der Waals surface area contributed by atoms with E-state index in [-0.39, 0.29) is 23.0 Å². The molecule has 0 radical (unpaired) electrons. The fourth-order valence-electron chi connectivity index (χ4n) is 4.13. The van der Waals surface area contributed by atoms with E-state index in [2.05, 4.69) is 5.32 Å². The van der Waals surface area contributed by atoms with Crippen molar-refractivity contribution in [3.8, 4) is 5.75 Å². The third-order valence-corrected chi connectivity index (χ3v) is 8.18. The smallest absolute Gasteiger partial charge is 0.264 e. The molecule has 0 spiro atoms. The van der Waals surface area contributed by atoms with Gasteiger partial charge in [0.1, 0.15) is 18.3 Å². The number of hydrogen-bond acceptors (Lipinski definition) is 5. The van der Waals surface area contributed by atoms with E-state index < -0.39 is 28.5 Å². The van der Waals surface area contributed by atoms with E-state index in [4.69, 9.17) is 4.74 Å². The minimum absolute atomic E-state index is 0.0429. The van der Waals surface area contributed by atoms with Crippen molar-refractivity contribution in [2.24, 2.45) is 0 Å². The zero-order chi connectivity index (χ0) is 28.4. The predicted molar refractivity (Wildman–Crippen MR) is 153 cm³/mol. The van der Waals surface area contributed by atoms with Crippen molar-refractivity contribution in [2.75, 3.05) is 24.5 Å². The Balaban J connectivity index is 2.04. The van der Waals surface area contributed by atoms with Gasteiger partial charge >= 0.3 is 0 Å². The monoisotopic (exact) mass is 551 g/mol. The molecule has 0 aliphatic heterocycles. The molecular weight excluding hydrogens is 514 g/mol. The van der Waals surface area contributed by atoms with Crippen LogP contribution in [0, 0.1) is 6.92 Å². The van der Waals surface area contributed by atoms with Crippen LogP contribution in [0.1, 0.15) is 37.8 Å². The lowest BCUT2D eigenvalue weighted by Crippen LogP contribution is -2.51. The Labute approximate surface area is 231 Å². The highest BCUT2D eigenvalue weighted by Crippen LogP contribution is 2.33. The van der Waals surface area contributed by atoms with Crippen molar-refractivity contribution in [3.63, 3.8) is 0 Å². The van der Waals surface area contributed by atoms with Gasteiger partial charge in [0.15, 0.2) is 0 Å². The normalized spacial score (nSPS) is 11.9. The Morgan fingerprint density at radius 3 is 2.23 bits per heavy atom. The van der Waals surface area contributed by atoms with Crippen molar-refractivity contribution in [1.29, 1.82) is 0 Å². The van der Waals surface area contributed by atoms with Crippen molar-refractivity contribution >= 4 is 27.5 Å². The summed E-state index contributed by atoms with van der Waals surface area (Å²) in [6.45, 7) is 5.65. The topological polar surface area (TPSA) is 96.0 Å². The molecule has 1 N–H and O–H groups in total. The molecule has 0 saturated heterocycles. The molecule has 39 heavy (non-hydrogen) atoms. The zero-order valence-electron chi connectivity index (χ0n) is 23.0. The number of carbonyl (C=O) groups excluding carboxylic acids is 2. The molecule has 0 aliphatic rings. The molecule has 0 bridgehead atoms. The molecule has 0 fully saturated rings. The van der Waals surface area contributed by atoms with E-state index in [9.17, 15) is 18.0 Å². The number of amides is 2. The Bertz CT molecular complexity index is 1350. The van der Waals surface area contributed by atoms with Gasteiger partial charge in [-0.25, -0.2) is 8.42 Å². The number of aryl methyl sites for hydroxylation is 1. The highest BCUT2D eigenvalue weighted by Gasteiger charge is 2.33. The van der Waals surface area contributed by atoms with Gasteiger partial charge in [0.2, 0.25) is 11.8 Å². The van der Waals surface area contributed by atoms with Gasteiger partial charge < -0.3 is 15.0 Å². The number of sulfonamides is 1. The van der Waals surface area contributed by atoms with Crippen LogP contribution in [0.4, 0.5) is 5.69 Å². The second-order valence-electron chi connectivity index (χ2n) is 9.33. The molecule has 0 aromatic heterocycles. The van der Waals surface area contributed by atoms with Crippen molar-refractivity contribution in [1.82, 2.24) is 10.2 Å². The second-order valence-corrected chi connectivity index (χ2v) is 11.2. The minimum Gasteiger partial charge on any atom is -0.495 e. The van der Waals surface area contributed by atoms with Crippen LogP contribution in [0.3, 0.4) is 0 Å². The van der Waals surface area contributed by atoms with Crippen LogP contribution in [0.2, 0.25) is 0 Å². The van der Waals surface area contributed by atoms with Crippen molar-refractivity contribution in [2.45, 2.75) is 51.1 Å². The van der Waals surface area contributed by atoms with Gasteiger partial charge in [-0.05, 0) is 55.7 Å². The van der Waals surface area contributed by atoms with Gasteiger partial charge in [-0.2, -0.15) is 0 Å². The molecule has 3 aromatic carbocycles. The fourth-order valence-corrected chi connectivity index (χ4v) is 5.56. The van der Waals surface area contributed by atoms with Crippen LogP contribution >= 0.6 is 0 Å². The standard InChI is InChI=1S/C30H37N3O5S/c1-5-6-19-31-30(35)24(3)32(21-25-13-9-7-10-14-25)29(34)22-33(27-20-23(2)17-18-28(27)38-4)39(36,37)26-15-11-8-12-16-26/h7-18,20,24H,5-6,19,21-22H2,1-4H3,(H,31,35)/t24-/m1/s1. The van der Waals surface area contributed by atoms with Crippen LogP contribution in [0.5, 0.6) is 5.75 Å². The van der Waals surface area contributed by atoms with E-state index in [0.717, 1.165) is 28.3 Å². The van der Waals surface area contributed by atoms with E-state index in [1.807, 2.05) is 50.2 Å². The summed E-state index contributed by atoms with van der Waals surface area (Å²) < 4.78 is 34.4. The van der Waals surface area contributed by atoms with E-state index in [1.165, 1.54) is 24.1 Å². The van der Waals surface area contributed by atoms with Gasteiger partial charge in [-0.3, -0.25) is 13.9 Å². The maximum absolute atomic E-state index is 14.0. The van der Waals surface area contributed by atoms with Crippen LogP contribution in [-0.4, -0.2) is 51.4 Å². The Hall–Kier alpha value is -3.85. The lowest BCUT2D eigenvalue weighted by atomic mass is 10.1. The summed E-state index contributed by atoms with van der Waals surface area (Å²) in [4.78, 5) is 28.5. The lowest BCUT2D eigenvalue weighted by Gasteiger charge is -2.32. The summed E-state index contributed by atoms with van der Waals surface area (Å²) in [6.07, 6.45) is 1.74. The predicted octanol–water partition coefficient (Wildman–Crippen LogP) is 4.53. The summed E-state index contributed by atoms with van der Waals surface area (Å²) in [5, 5.41) is 2.89. The number of carbonyl (C=O) groups is 2. The molecule has 2 amide bonds. The summed E-state index contributed by atoms with van der Waals surface area (Å²) in [6, 6.07) is 21.6. The number of nitrogens with zero attached hydrogens (tertiary/aromatic N) is 2. The molecule has 0 unspecified atom stereocenters. The van der Waals surface area contributed by atoms with E-state index in [1.54, 1.807) is 37.3 Å². The summed E-state index contributed by atoms with van der Waals surface area (Å²) in [5.41, 5.74) is 1.87. The summed E-state index contributed by atoms with van der Waals surface area (Å²) >= 11 is 0. The number of methoxy groups -OCH3 is 1. The van der Waals surface area contributed by atoms with Crippen LogP contribution in [0.15, 0.2) is 83.8 Å². The van der Waals surface area contributed by atoms with Crippen LogP contribution in [-0.2, 0) is 26.2 Å². The molecule has 0 aliphatic carbocycles. The Morgan fingerprint density at radius 2 is 1.62 bits per heavy atom. The van der Waals surface area contributed by atoms with E-state index in [0.29, 0.717) is 12.3 Å². The van der Waals surface area contributed by atoms with E-state index >= 15 is 0 Å². The summed E-state index contributed by atoms with van der Waals surface area (Å²) in [7, 11) is -2.71. The second kappa shape index (κ2) is 13.8. The molecular formula is C30H37N3O5S. The minimum atomic E-state index is -4.16. The maximum Gasteiger partial charge on any atom is 0.264 e. The number of anilines is 1. The molecule has 8 nitrogen and oxygen atoms in total. The first-order chi connectivity index (χ1) is 18.7. The first-order valence-electron chi connectivity index (χ1n) is 13.0. The number of nitrogens with one attached hydrogen (secondary N) is 1. The number of unbranched alkanes of at least 4 members (excludes halogenated alkanes) is 1. The Morgan fingerprint density at radius 1 is 0.974 bits per heavy atom. The first kappa shape index (κ1) is 29.7. The Kier molecular flexibility index (Phi) is 10.5. The van der Waals surface area contributed by atoms with Crippen molar-refractivity contribution < 1.29 is 22.7 Å². The van der Waals surface area contributed by atoms with Crippen LogP contribution in [0.25, 0.3) is 0 Å². The van der Waals surface area contributed by atoms with Gasteiger partial charge in [0.25, 0.3) is 10.0 Å². The van der Waals surface area contributed by atoms with Gasteiger partial charge in [-0.15, -0.1) is 0 Å². The molecule has 0 saturated carbocycles. The zero-order valence-corrected chi connectivity index (χ0v) is 23.8. The molecule has 3 aromatic rings. The van der Waals surface area contributed by atoms with Crippen LogP contribution < -0.4 is 14.4 Å². The number of benzene rings is 3. The first-order valence-corrected chi connectivity index (χ1v) is 14.5. The molecule has 9 heteroatoms. The average molecular weight is 552 g/mol.